The average Bonchev–Trinajstić information content (AvgIpc) is 3.18. The number of thioether (sulfide) groups is 1. The molecule has 1 amide bonds. The Morgan fingerprint density at radius 1 is 1.17 bits per heavy atom. The van der Waals surface area contributed by atoms with E-state index in [0.717, 1.165) is 22.6 Å². The highest BCUT2D eigenvalue weighted by Gasteiger charge is 2.18. The van der Waals surface area contributed by atoms with Crippen LogP contribution in [0.4, 0.5) is 0 Å². The van der Waals surface area contributed by atoms with Crippen molar-refractivity contribution >= 4 is 17.7 Å². The Kier molecular flexibility index (Phi) is 7.13. The summed E-state index contributed by atoms with van der Waals surface area (Å²) in [5.74, 6) is 1.77. The Morgan fingerprint density at radius 2 is 1.97 bits per heavy atom. The first-order chi connectivity index (χ1) is 14.0. The number of hydrogen-bond donors (Lipinski definition) is 1. The van der Waals surface area contributed by atoms with E-state index in [1.165, 1.54) is 11.8 Å². The van der Waals surface area contributed by atoms with Crippen LogP contribution in [0.2, 0.25) is 0 Å². The summed E-state index contributed by atoms with van der Waals surface area (Å²) in [4.78, 5) is 12.3. The van der Waals surface area contributed by atoms with Gasteiger partial charge in [-0.2, -0.15) is 0 Å². The minimum atomic E-state index is -0.376. The highest BCUT2D eigenvalue weighted by atomic mass is 32.2. The van der Waals surface area contributed by atoms with E-state index in [0.29, 0.717) is 17.7 Å². The molecule has 0 fully saturated rings. The first-order valence-electron chi connectivity index (χ1n) is 9.12. The maximum Gasteiger partial charge on any atom is 0.277 e. The van der Waals surface area contributed by atoms with E-state index >= 15 is 0 Å². The molecule has 0 aliphatic rings. The molecular formula is C21H23N3O4S. The predicted octanol–water partition coefficient (Wildman–Crippen LogP) is 3.76. The van der Waals surface area contributed by atoms with Crippen LogP contribution in [-0.2, 0) is 17.9 Å². The molecule has 152 valence electrons. The third kappa shape index (κ3) is 6.25. The van der Waals surface area contributed by atoms with E-state index in [9.17, 15) is 4.79 Å². The molecule has 0 radical (unpaired) electrons. The van der Waals surface area contributed by atoms with E-state index in [1.807, 2.05) is 55.5 Å². The summed E-state index contributed by atoms with van der Waals surface area (Å²) in [7, 11) is 1.62. The fourth-order valence-corrected chi connectivity index (χ4v) is 3.20. The molecule has 1 atom stereocenters. The molecule has 3 rings (SSSR count). The number of carbonyl (C=O) groups is 1. The summed E-state index contributed by atoms with van der Waals surface area (Å²) >= 11 is 1.21. The Morgan fingerprint density at radius 3 is 2.69 bits per heavy atom. The first kappa shape index (κ1) is 20.7. The van der Waals surface area contributed by atoms with Crippen molar-refractivity contribution in [1.29, 1.82) is 0 Å². The zero-order valence-corrected chi connectivity index (χ0v) is 17.4. The summed E-state index contributed by atoms with van der Waals surface area (Å²) in [5, 5.41) is 10.8. The van der Waals surface area contributed by atoms with E-state index in [1.54, 1.807) is 14.0 Å². The van der Waals surface area contributed by atoms with Crippen molar-refractivity contribution in [2.24, 2.45) is 0 Å². The standard InChI is InChI=1S/C21H23N3O4S/c1-14-5-4-6-18(11-14)27-13-19-23-24-21(28-19)29-15(2)20(25)22-12-16-7-9-17(26-3)10-8-16/h4-11,15H,12-13H2,1-3H3,(H,22,25)/t15-/m1/s1. The van der Waals surface area contributed by atoms with Crippen molar-refractivity contribution in [2.75, 3.05) is 7.11 Å². The van der Waals surface area contributed by atoms with Crippen molar-refractivity contribution in [2.45, 2.75) is 37.5 Å². The zero-order valence-electron chi connectivity index (χ0n) is 16.5. The van der Waals surface area contributed by atoms with Crippen molar-refractivity contribution in [3.8, 4) is 11.5 Å². The Labute approximate surface area is 173 Å². The predicted molar refractivity (Wildman–Crippen MR) is 110 cm³/mol. The summed E-state index contributed by atoms with van der Waals surface area (Å²) < 4.78 is 16.3. The van der Waals surface area contributed by atoms with Gasteiger partial charge in [-0.1, -0.05) is 36.0 Å². The number of amides is 1. The second-order valence-electron chi connectivity index (χ2n) is 6.39. The van der Waals surface area contributed by atoms with Gasteiger partial charge < -0.3 is 19.2 Å². The molecule has 3 aromatic rings. The van der Waals surface area contributed by atoms with E-state index in [-0.39, 0.29) is 17.8 Å². The minimum Gasteiger partial charge on any atom is -0.497 e. The third-order valence-corrected chi connectivity index (χ3v) is 5.01. The molecule has 7 nitrogen and oxygen atoms in total. The van der Waals surface area contributed by atoms with Gasteiger partial charge >= 0.3 is 0 Å². The maximum absolute atomic E-state index is 12.3. The lowest BCUT2D eigenvalue weighted by atomic mass is 10.2. The fraction of sp³-hybridized carbons (Fsp3) is 0.286. The monoisotopic (exact) mass is 413 g/mol. The summed E-state index contributed by atoms with van der Waals surface area (Å²) in [6.07, 6.45) is 0. The molecule has 0 unspecified atom stereocenters. The molecule has 0 aliphatic heterocycles. The molecule has 0 spiro atoms. The molecule has 29 heavy (non-hydrogen) atoms. The number of hydrogen-bond acceptors (Lipinski definition) is 7. The molecule has 0 saturated carbocycles. The van der Waals surface area contributed by atoms with Crippen LogP contribution < -0.4 is 14.8 Å². The van der Waals surface area contributed by atoms with E-state index in [4.69, 9.17) is 13.9 Å². The summed E-state index contributed by atoms with van der Waals surface area (Å²) in [5.41, 5.74) is 2.10. The Hall–Kier alpha value is -3.00. The lowest BCUT2D eigenvalue weighted by Crippen LogP contribution is -2.30. The molecule has 0 saturated heterocycles. The topological polar surface area (TPSA) is 86.5 Å². The molecular weight excluding hydrogens is 390 g/mol. The molecule has 1 N–H and O–H groups in total. The van der Waals surface area contributed by atoms with E-state index < -0.39 is 0 Å². The quantitative estimate of drug-likeness (QED) is 0.535. The fourth-order valence-electron chi connectivity index (χ4n) is 2.48. The molecule has 0 aliphatic carbocycles. The summed E-state index contributed by atoms with van der Waals surface area (Å²) in [6.45, 7) is 4.40. The number of carbonyl (C=O) groups excluding carboxylic acids is 1. The second kappa shape index (κ2) is 9.97. The van der Waals surface area contributed by atoms with Gasteiger partial charge in [0.2, 0.25) is 5.91 Å². The number of rotatable bonds is 9. The largest absolute Gasteiger partial charge is 0.497 e. The number of benzene rings is 2. The van der Waals surface area contributed by atoms with Gasteiger partial charge in [0, 0.05) is 6.54 Å². The van der Waals surface area contributed by atoms with Gasteiger partial charge in [0.15, 0.2) is 6.61 Å². The van der Waals surface area contributed by atoms with Crippen molar-refractivity contribution < 1.29 is 18.7 Å². The number of nitrogens with one attached hydrogen (secondary N) is 1. The van der Waals surface area contributed by atoms with Gasteiger partial charge in [-0.15, -0.1) is 10.2 Å². The van der Waals surface area contributed by atoms with Crippen LogP contribution in [0, 0.1) is 6.92 Å². The molecule has 2 aromatic carbocycles. The van der Waals surface area contributed by atoms with Crippen LogP contribution in [0.5, 0.6) is 11.5 Å². The number of ether oxygens (including phenoxy) is 2. The van der Waals surface area contributed by atoms with Gasteiger partial charge in [-0.25, -0.2) is 0 Å². The molecule has 1 heterocycles. The van der Waals surface area contributed by atoms with Crippen molar-refractivity contribution in [3.05, 3.63) is 65.5 Å². The smallest absolute Gasteiger partial charge is 0.277 e. The number of nitrogens with zero attached hydrogens (tertiary/aromatic N) is 2. The number of methoxy groups -OCH3 is 1. The van der Waals surface area contributed by atoms with Gasteiger partial charge in [0.25, 0.3) is 11.1 Å². The van der Waals surface area contributed by atoms with Crippen LogP contribution >= 0.6 is 11.8 Å². The van der Waals surface area contributed by atoms with Crippen LogP contribution in [0.15, 0.2) is 58.2 Å². The van der Waals surface area contributed by atoms with Crippen molar-refractivity contribution in [1.82, 2.24) is 15.5 Å². The average molecular weight is 413 g/mol. The third-order valence-electron chi connectivity index (χ3n) is 4.07. The Balaban J connectivity index is 1.45. The van der Waals surface area contributed by atoms with Crippen LogP contribution in [0.25, 0.3) is 0 Å². The lowest BCUT2D eigenvalue weighted by molar-refractivity contribution is -0.120. The van der Waals surface area contributed by atoms with Gasteiger partial charge in [0.05, 0.1) is 12.4 Å². The van der Waals surface area contributed by atoms with Crippen LogP contribution in [0.1, 0.15) is 23.9 Å². The van der Waals surface area contributed by atoms with E-state index in [2.05, 4.69) is 15.5 Å². The van der Waals surface area contributed by atoms with Gasteiger partial charge in [-0.3, -0.25) is 4.79 Å². The zero-order chi connectivity index (χ0) is 20.6. The van der Waals surface area contributed by atoms with Gasteiger partial charge in [0.1, 0.15) is 11.5 Å². The number of aromatic nitrogens is 2. The highest BCUT2D eigenvalue weighted by molar-refractivity contribution is 8.00. The molecule has 1 aromatic heterocycles. The van der Waals surface area contributed by atoms with Crippen molar-refractivity contribution in [3.63, 3.8) is 0 Å². The minimum absolute atomic E-state index is 0.110. The highest BCUT2D eigenvalue weighted by Crippen LogP contribution is 2.23. The van der Waals surface area contributed by atoms with Gasteiger partial charge in [-0.05, 0) is 49.2 Å². The SMILES string of the molecule is COc1ccc(CNC(=O)[C@@H](C)Sc2nnc(COc3cccc(C)c3)o2)cc1. The number of aryl methyl sites for hydroxylation is 1. The summed E-state index contributed by atoms with van der Waals surface area (Å²) in [6, 6.07) is 15.3. The van der Waals surface area contributed by atoms with Crippen LogP contribution in [-0.4, -0.2) is 28.5 Å². The molecule has 0 bridgehead atoms. The Bertz CT molecular complexity index is 943. The lowest BCUT2D eigenvalue weighted by Gasteiger charge is -2.10. The van der Waals surface area contributed by atoms with Crippen LogP contribution in [0.3, 0.4) is 0 Å². The molecule has 8 heteroatoms. The maximum atomic E-state index is 12.3. The normalized spacial score (nSPS) is 11.7. The second-order valence-corrected chi connectivity index (χ2v) is 7.68. The first-order valence-corrected chi connectivity index (χ1v) is 10.0.